The number of terminal acetylenes is 1. The van der Waals surface area contributed by atoms with Crippen molar-refractivity contribution in [2.75, 3.05) is 0 Å². The van der Waals surface area contributed by atoms with Crippen molar-refractivity contribution in [1.29, 1.82) is 0 Å². The van der Waals surface area contributed by atoms with E-state index in [1.807, 2.05) is 32.1 Å². The third-order valence-electron chi connectivity index (χ3n) is 5.06. The average Bonchev–Trinajstić information content (AvgIpc) is 3.12. The fraction of sp³-hybridized carbons (Fsp3) is 0.571. The Bertz CT molecular complexity index is 589. The molecule has 0 N–H and O–H groups in total. The molecule has 4 atom stereocenters. The van der Waals surface area contributed by atoms with Crippen LogP contribution in [0.1, 0.15) is 47.0 Å². The van der Waals surface area contributed by atoms with E-state index in [1.165, 1.54) is 0 Å². The summed E-state index contributed by atoms with van der Waals surface area (Å²) in [6, 6.07) is 0. The van der Waals surface area contributed by atoms with Gasteiger partial charge in [0.25, 0.3) is 0 Å². The summed E-state index contributed by atoms with van der Waals surface area (Å²) in [4.78, 5) is 12.6. The van der Waals surface area contributed by atoms with Crippen molar-refractivity contribution >= 4 is 5.97 Å². The van der Waals surface area contributed by atoms with Crippen molar-refractivity contribution in [3.8, 4) is 12.3 Å². The monoisotopic (exact) mass is 328 g/mol. The molecule has 2 rings (SSSR count). The molecule has 0 radical (unpaired) electrons. The normalized spacial score (nSPS) is 29.6. The van der Waals surface area contributed by atoms with Gasteiger partial charge in [-0.3, -0.25) is 4.79 Å². The van der Waals surface area contributed by atoms with E-state index < -0.39 is 6.10 Å². The van der Waals surface area contributed by atoms with Crippen LogP contribution in [-0.2, 0) is 14.3 Å². The minimum atomic E-state index is -0.611. The Morgan fingerprint density at radius 3 is 2.83 bits per heavy atom. The molecule has 3 nitrogen and oxygen atoms in total. The summed E-state index contributed by atoms with van der Waals surface area (Å²) in [7, 11) is 0. The first-order valence-corrected chi connectivity index (χ1v) is 8.76. The van der Waals surface area contributed by atoms with Gasteiger partial charge in [0.15, 0.2) is 6.10 Å². The quantitative estimate of drug-likeness (QED) is 0.412. The molecule has 1 aliphatic carbocycles. The SMILES string of the molecule is C#CC(OC(=O)C1C(C=CC)C1(C)C)C(=CC1CCC=CO1)CC. The Hall–Kier alpha value is -1.95. The highest BCUT2D eigenvalue weighted by Crippen LogP contribution is 2.59. The lowest BCUT2D eigenvalue weighted by Crippen LogP contribution is -2.23. The molecule has 0 saturated heterocycles. The predicted molar refractivity (Wildman–Crippen MR) is 95.9 cm³/mol. The Morgan fingerprint density at radius 1 is 1.54 bits per heavy atom. The van der Waals surface area contributed by atoms with Crippen molar-refractivity contribution in [1.82, 2.24) is 0 Å². The third kappa shape index (κ3) is 3.93. The first-order chi connectivity index (χ1) is 11.5. The number of ether oxygens (including phenoxy) is 2. The molecule has 0 bridgehead atoms. The van der Waals surface area contributed by atoms with E-state index in [4.69, 9.17) is 15.9 Å². The second-order valence-electron chi connectivity index (χ2n) is 7.05. The second-order valence-corrected chi connectivity index (χ2v) is 7.05. The highest BCUT2D eigenvalue weighted by Gasteiger charge is 2.61. The zero-order valence-electron chi connectivity index (χ0n) is 15.1. The summed E-state index contributed by atoms with van der Waals surface area (Å²) in [6.45, 7) is 8.17. The van der Waals surface area contributed by atoms with Gasteiger partial charge in [-0.25, -0.2) is 0 Å². The maximum atomic E-state index is 12.6. The van der Waals surface area contributed by atoms with Crippen LogP contribution in [0.4, 0.5) is 0 Å². The minimum Gasteiger partial charge on any atom is -0.494 e. The maximum Gasteiger partial charge on any atom is 0.311 e. The smallest absolute Gasteiger partial charge is 0.311 e. The molecule has 3 heteroatoms. The van der Waals surface area contributed by atoms with Crippen LogP contribution in [0, 0.1) is 29.6 Å². The summed E-state index contributed by atoms with van der Waals surface area (Å²) in [5, 5.41) is 0. The number of hydrogen-bond donors (Lipinski definition) is 0. The number of carbonyl (C=O) groups excluding carboxylic acids is 1. The summed E-state index contributed by atoms with van der Waals surface area (Å²) in [5.74, 6) is 2.54. The topological polar surface area (TPSA) is 35.5 Å². The van der Waals surface area contributed by atoms with Crippen LogP contribution >= 0.6 is 0 Å². The molecule has 0 amide bonds. The van der Waals surface area contributed by atoms with Crippen LogP contribution in [0.25, 0.3) is 0 Å². The number of hydrogen-bond acceptors (Lipinski definition) is 3. The van der Waals surface area contributed by atoms with E-state index in [9.17, 15) is 4.79 Å². The summed E-state index contributed by atoms with van der Waals surface area (Å²) in [5.41, 5.74) is 0.878. The molecule has 1 saturated carbocycles. The van der Waals surface area contributed by atoms with Crippen LogP contribution in [0.15, 0.2) is 36.1 Å². The number of carbonyl (C=O) groups is 1. The first kappa shape index (κ1) is 18.4. The molecule has 1 heterocycles. The number of rotatable bonds is 6. The molecule has 0 spiro atoms. The average molecular weight is 328 g/mol. The molecule has 130 valence electrons. The molecule has 1 fully saturated rings. The Labute approximate surface area is 145 Å². The van der Waals surface area contributed by atoms with E-state index in [2.05, 4.69) is 25.8 Å². The zero-order chi connectivity index (χ0) is 17.7. The van der Waals surface area contributed by atoms with Gasteiger partial charge in [0.1, 0.15) is 6.10 Å². The third-order valence-corrected chi connectivity index (χ3v) is 5.06. The number of esters is 1. The Kier molecular flexibility index (Phi) is 5.94. The van der Waals surface area contributed by atoms with Crippen LogP contribution < -0.4 is 0 Å². The zero-order valence-corrected chi connectivity index (χ0v) is 15.1. The molecular formula is C21H28O3. The molecule has 1 aliphatic heterocycles. The van der Waals surface area contributed by atoms with Gasteiger partial charge in [-0.05, 0) is 55.2 Å². The highest BCUT2D eigenvalue weighted by atomic mass is 16.5. The molecule has 0 aromatic heterocycles. The Balaban J connectivity index is 2.05. The maximum absolute atomic E-state index is 12.6. The lowest BCUT2D eigenvalue weighted by atomic mass is 10.0. The Morgan fingerprint density at radius 2 is 2.29 bits per heavy atom. The van der Waals surface area contributed by atoms with Crippen molar-refractivity contribution in [3.63, 3.8) is 0 Å². The standard InChI is InChI=1S/C21H28O3/c1-6-11-17-19(21(17,4)5)20(22)24-18(8-3)15(7-2)14-16-12-9-10-13-23-16/h3,6,10-11,13-14,16-19H,7,9,12H2,1-2,4-5H3. The van der Waals surface area contributed by atoms with E-state index in [1.54, 1.807) is 6.26 Å². The molecule has 0 aromatic carbocycles. The van der Waals surface area contributed by atoms with Gasteiger partial charge >= 0.3 is 5.97 Å². The van der Waals surface area contributed by atoms with E-state index >= 15 is 0 Å². The fourth-order valence-corrected chi connectivity index (χ4v) is 3.41. The van der Waals surface area contributed by atoms with Gasteiger partial charge in [-0.1, -0.05) is 38.8 Å². The molecule has 4 unspecified atom stereocenters. The first-order valence-electron chi connectivity index (χ1n) is 8.76. The molecule has 24 heavy (non-hydrogen) atoms. The molecule has 2 aliphatic rings. The summed E-state index contributed by atoms with van der Waals surface area (Å²) < 4.78 is 11.3. The van der Waals surface area contributed by atoms with Crippen LogP contribution in [-0.4, -0.2) is 18.2 Å². The van der Waals surface area contributed by atoms with E-state index in [-0.39, 0.29) is 29.3 Å². The van der Waals surface area contributed by atoms with Crippen molar-refractivity contribution in [3.05, 3.63) is 36.1 Å². The largest absolute Gasteiger partial charge is 0.494 e. The summed E-state index contributed by atoms with van der Waals surface area (Å²) in [6.07, 6.45) is 17.5. The van der Waals surface area contributed by atoms with Gasteiger partial charge < -0.3 is 9.47 Å². The van der Waals surface area contributed by atoms with Gasteiger partial charge in [-0.15, -0.1) is 6.42 Å². The van der Waals surface area contributed by atoms with Crippen LogP contribution in [0.2, 0.25) is 0 Å². The van der Waals surface area contributed by atoms with Gasteiger partial charge in [-0.2, -0.15) is 0 Å². The number of allylic oxidation sites excluding steroid dienone is 3. The molecular weight excluding hydrogens is 300 g/mol. The predicted octanol–water partition coefficient (Wildman–Crippen LogP) is 4.41. The van der Waals surface area contributed by atoms with E-state index in [0.717, 1.165) is 24.8 Å². The van der Waals surface area contributed by atoms with E-state index in [0.29, 0.717) is 0 Å². The molecule has 0 aromatic rings. The lowest BCUT2D eigenvalue weighted by molar-refractivity contribution is -0.147. The van der Waals surface area contributed by atoms with Crippen molar-refractivity contribution in [2.45, 2.75) is 59.2 Å². The highest BCUT2D eigenvalue weighted by molar-refractivity contribution is 5.79. The van der Waals surface area contributed by atoms with Gasteiger partial charge in [0, 0.05) is 0 Å². The van der Waals surface area contributed by atoms with Gasteiger partial charge in [0.05, 0.1) is 12.2 Å². The van der Waals surface area contributed by atoms with Crippen molar-refractivity contribution < 1.29 is 14.3 Å². The van der Waals surface area contributed by atoms with Gasteiger partial charge in [0.2, 0.25) is 0 Å². The van der Waals surface area contributed by atoms with Crippen molar-refractivity contribution in [2.24, 2.45) is 17.3 Å². The minimum absolute atomic E-state index is 0.00708. The van der Waals surface area contributed by atoms with Crippen LogP contribution in [0.5, 0.6) is 0 Å². The fourth-order valence-electron chi connectivity index (χ4n) is 3.41. The summed E-state index contributed by atoms with van der Waals surface area (Å²) >= 11 is 0. The lowest BCUT2D eigenvalue weighted by Gasteiger charge is -2.20. The second kappa shape index (κ2) is 7.75. The van der Waals surface area contributed by atoms with Crippen LogP contribution in [0.3, 0.4) is 0 Å².